The molecule has 3 aromatic rings. The molecule has 0 atom stereocenters. The second kappa shape index (κ2) is 8.34. The van der Waals surface area contributed by atoms with E-state index in [0.29, 0.717) is 47.8 Å². The highest BCUT2D eigenvalue weighted by molar-refractivity contribution is 7.98. The molecule has 1 fully saturated rings. The first-order valence-corrected chi connectivity index (χ1v) is 10.1. The van der Waals surface area contributed by atoms with Gasteiger partial charge in [-0.2, -0.15) is 0 Å². The Morgan fingerprint density at radius 1 is 1.21 bits per heavy atom. The number of morpholine rings is 1. The van der Waals surface area contributed by atoms with E-state index < -0.39 is 0 Å². The molecule has 4 rings (SSSR count). The van der Waals surface area contributed by atoms with Gasteiger partial charge < -0.3 is 9.64 Å². The van der Waals surface area contributed by atoms with Gasteiger partial charge in [-0.25, -0.2) is 18.9 Å². The van der Waals surface area contributed by atoms with Crippen LogP contribution in [0.25, 0.3) is 5.65 Å². The largest absolute Gasteiger partial charge is 0.378 e. The van der Waals surface area contributed by atoms with Crippen LogP contribution in [0.15, 0.2) is 46.5 Å². The van der Waals surface area contributed by atoms with E-state index >= 15 is 0 Å². The average Bonchev–Trinajstić information content (AvgIpc) is 3.04. The maximum atomic E-state index is 12.6. The molecule has 1 aromatic carbocycles. The number of rotatable bonds is 5. The van der Waals surface area contributed by atoms with Crippen LogP contribution in [0.4, 0.5) is 0 Å². The third-order valence-corrected chi connectivity index (χ3v) is 5.70. The smallest absolute Gasteiger partial charge is 0.350 e. The highest BCUT2D eigenvalue weighted by Crippen LogP contribution is 2.24. The fraction of sp³-hybridized carbons (Fsp3) is 0.333. The summed E-state index contributed by atoms with van der Waals surface area (Å²) in [6.45, 7) is 2.00. The third kappa shape index (κ3) is 4.06. The molecule has 0 saturated carbocycles. The Hall–Kier alpha value is -2.36. The van der Waals surface area contributed by atoms with Crippen LogP contribution in [-0.4, -0.2) is 56.3 Å². The lowest BCUT2D eigenvalue weighted by Gasteiger charge is -2.26. The minimum Gasteiger partial charge on any atom is -0.378 e. The van der Waals surface area contributed by atoms with Gasteiger partial charge >= 0.3 is 5.69 Å². The third-order valence-electron chi connectivity index (χ3n) is 4.41. The Labute approximate surface area is 170 Å². The molecular weight excluding hydrogens is 402 g/mol. The van der Waals surface area contributed by atoms with E-state index in [1.807, 2.05) is 24.3 Å². The van der Waals surface area contributed by atoms with Crippen LogP contribution >= 0.6 is 23.4 Å². The molecule has 0 unspecified atom stereocenters. The highest BCUT2D eigenvalue weighted by Gasteiger charge is 2.20. The van der Waals surface area contributed by atoms with Crippen molar-refractivity contribution in [3.63, 3.8) is 0 Å². The van der Waals surface area contributed by atoms with Crippen LogP contribution in [-0.2, 0) is 21.8 Å². The molecule has 146 valence electrons. The summed E-state index contributed by atoms with van der Waals surface area (Å²) in [6, 6.07) is 7.56. The number of halogens is 1. The summed E-state index contributed by atoms with van der Waals surface area (Å²) in [7, 11) is 0. The monoisotopic (exact) mass is 419 g/mol. The number of fused-ring (bicyclic) bond motifs is 1. The molecule has 2 aromatic heterocycles. The van der Waals surface area contributed by atoms with Crippen molar-refractivity contribution in [1.82, 2.24) is 24.1 Å². The molecular formula is C18H18ClN5O3S. The van der Waals surface area contributed by atoms with Crippen LogP contribution in [0.2, 0.25) is 5.02 Å². The van der Waals surface area contributed by atoms with Gasteiger partial charge in [0, 0.05) is 36.3 Å². The molecule has 0 spiro atoms. The van der Waals surface area contributed by atoms with Crippen molar-refractivity contribution < 1.29 is 9.53 Å². The predicted molar refractivity (Wildman–Crippen MR) is 106 cm³/mol. The summed E-state index contributed by atoms with van der Waals surface area (Å²) in [6.07, 6.45) is 3.13. The van der Waals surface area contributed by atoms with Gasteiger partial charge in [-0.1, -0.05) is 35.5 Å². The molecule has 8 nitrogen and oxygen atoms in total. The SMILES string of the molecule is O=C(Cn1nc2c(SCc3ccc(Cl)cc3)nccn2c1=O)N1CCOCC1. The van der Waals surface area contributed by atoms with Crippen molar-refractivity contribution in [2.75, 3.05) is 26.3 Å². The quantitative estimate of drug-likeness (QED) is 0.585. The lowest BCUT2D eigenvalue weighted by atomic mass is 10.2. The van der Waals surface area contributed by atoms with Crippen LogP contribution in [0.3, 0.4) is 0 Å². The topological polar surface area (TPSA) is 81.7 Å². The maximum absolute atomic E-state index is 12.6. The Morgan fingerprint density at radius 2 is 1.96 bits per heavy atom. The number of ether oxygens (including phenoxy) is 1. The van der Waals surface area contributed by atoms with E-state index in [1.165, 1.54) is 20.8 Å². The normalized spacial score (nSPS) is 14.5. The first-order valence-electron chi connectivity index (χ1n) is 8.79. The van der Waals surface area contributed by atoms with Crippen LogP contribution in [0.1, 0.15) is 5.56 Å². The van der Waals surface area contributed by atoms with E-state index in [0.717, 1.165) is 5.56 Å². The number of hydrogen-bond acceptors (Lipinski definition) is 6. The summed E-state index contributed by atoms with van der Waals surface area (Å²) in [5, 5.41) is 5.67. The van der Waals surface area contributed by atoms with E-state index in [9.17, 15) is 9.59 Å². The molecule has 0 aliphatic carbocycles. The van der Waals surface area contributed by atoms with Crippen molar-refractivity contribution in [3.05, 3.63) is 57.7 Å². The van der Waals surface area contributed by atoms with Crippen LogP contribution in [0, 0.1) is 0 Å². The molecule has 0 N–H and O–H groups in total. The summed E-state index contributed by atoms with van der Waals surface area (Å²) in [5.74, 6) is 0.523. The van der Waals surface area contributed by atoms with E-state index in [-0.39, 0.29) is 18.1 Å². The standard InChI is InChI=1S/C18H18ClN5O3S/c19-14-3-1-13(2-4-14)12-28-17-16-21-24(18(26)23(16)6-5-20-17)11-15(25)22-7-9-27-10-8-22/h1-6H,7-12H2. The molecule has 1 saturated heterocycles. The fourth-order valence-electron chi connectivity index (χ4n) is 2.90. The summed E-state index contributed by atoms with van der Waals surface area (Å²) in [5.41, 5.74) is 1.18. The second-order valence-corrected chi connectivity index (χ2v) is 7.68. The molecule has 0 bridgehead atoms. The Kier molecular flexibility index (Phi) is 5.65. The first-order chi connectivity index (χ1) is 13.6. The van der Waals surface area contributed by atoms with Crippen molar-refractivity contribution in [2.45, 2.75) is 17.3 Å². The predicted octanol–water partition coefficient (Wildman–Crippen LogP) is 1.70. The van der Waals surface area contributed by atoms with Crippen molar-refractivity contribution in [2.24, 2.45) is 0 Å². The molecule has 1 aliphatic heterocycles. The Bertz CT molecular complexity index is 1040. The summed E-state index contributed by atoms with van der Waals surface area (Å²) >= 11 is 7.39. The van der Waals surface area contributed by atoms with Gasteiger partial charge in [0.25, 0.3) is 0 Å². The van der Waals surface area contributed by atoms with Gasteiger partial charge in [-0.3, -0.25) is 4.79 Å². The van der Waals surface area contributed by atoms with Crippen LogP contribution in [0.5, 0.6) is 0 Å². The molecule has 0 radical (unpaired) electrons. The number of amides is 1. The Morgan fingerprint density at radius 3 is 2.71 bits per heavy atom. The lowest BCUT2D eigenvalue weighted by molar-refractivity contribution is -0.136. The van der Waals surface area contributed by atoms with E-state index in [4.69, 9.17) is 16.3 Å². The maximum Gasteiger partial charge on any atom is 0.350 e. The fourth-order valence-corrected chi connectivity index (χ4v) is 3.93. The van der Waals surface area contributed by atoms with Gasteiger partial charge in [-0.05, 0) is 17.7 Å². The zero-order chi connectivity index (χ0) is 19.5. The highest BCUT2D eigenvalue weighted by atomic mass is 35.5. The number of nitrogens with zero attached hydrogens (tertiary/aromatic N) is 5. The number of hydrogen-bond donors (Lipinski definition) is 0. The van der Waals surface area contributed by atoms with Gasteiger partial charge in [0.2, 0.25) is 5.91 Å². The summed E-state index contributed by atoms with van der Waals surface area (Å²) in [4.78, 5) is 31.1. The molecule has 3 heterocycles. The zero-order valence-corrected chi connectivity index (χ0v) is 16.5. The van der Waals surface area contributed by atoms with Crippen molar-refractivity contribution in [1.29, 1.82) is 0 Å². The molecule has 28 heavy (non-hydrogen) atoms. The van der Waals surface area contributed by atoms with Crippen molar-refractivity contribution in [3.8, 4) is 0 Å². The summed E-state index contributed by atoms with van der Waals surface area (Å²) < 4.78 is 7.87. The lowest BCUT2D eigenvalue weighted by Crippen LogP contribution is -2.43. The average molecular weight is 420 g/mol. The van der Waals surface area contributed by atoms with Gasteiger partial charge in [0.05, 0.1) is 13.2 Å². The molecule has 1 aliphatic rings. The number of carbonyl (C=O) groups is 1. The molecule has 1 amide bonds. The van der Waals surface area contributed by atoms with Crippen molar-refractivity contribution >= 4 is 34.9 Å². The van der Waals surface area contributed by atoms with Crippen LogP contribution < -0.4 is 5.69 Å². The second-order valence-electron chi connectivity index (χ2n) is 6.27. The minimum atomic E-state index is -0.354. The number of aromatic nitrogens is 4. The van der Waals surface area contributed by atoms with Gasteiger partial charge in [0.15, 0.2) is 5.65 Å². The zero-order valence-electron chi connectivity index (χ0n) is 15.0. The van der Waals surface area contributed by atoms with Gasteiger partial charge in [-0.15, -0.1) is 5.10 Å². The number of thioether (sulfide) groups is 1. The minimum absolute atomic E-state index is 0.0954. The van der Waals surface area contributed by atoms with E-state index in [1.54, 1.807) is 17.3 Å². The number of carbonyl (C=O) groups excluding carboxylic acids is 1. The molecule has 10 heteroatoms. The number of benzene rings is 1. The first kappa shape index (κ1) is 19.0. The van der Waals surface area contributed by atoms with Gasteiger partial charge in [0.1, 0.15) is 11.6 Å². The Balaban J connectivity index is 1.54. The van der Waals surface area contributed by atoms with E-state index in [2.05, 4.69) is 10.1 Å².